The van der Waals surface area contributed by atoms with Crippen LogP contribution in [0.2, 0.25) is 0 Å². The summed E-state index contributed by atoms with van der Waals surface area (Å²) in [4.78, 5) is 12.0. The van der Waals surface area contributed by atoms with Crippen LogP contribution in [-0.2, 0) is 11.2 Å². The van der Waals surface area contributed by atoms with Gasteiger partial charge in [-0.3, -0.25) is 4.79 Å². The van der Waals surface area contributed by atoms with E-state index in [9.17, 15) is 9.18 Å². The van der Waals surface area contributed by atoms with Crippen molar-refractivity contribution in [3.63, 3.8) is 0 Å². The summed E-state index contributed by atoms with van der Waals surface area (Å²) < 4.78 is 13.2. The summed E-state index contributed by atoms with van der Waals surface area (Å²) in [6.45, 7) is 2.00. The van der Waals surface area contributed by atoms with Crippen LogP contribution >= 0.6 is 0 Å². The zero-order valence-corrected chi connectivity index (χ0v) is 10.6. The first-order valence-electron chi connectivity index (χ1n) is 6.29. The molecule has 1 atom stereocenters. The highest BCUT2D eigenvalue weighted by Crippen LogP contribution is 2.35. The molecule has 2 nitrogen and oxygen atoms in total. The first-order valence-corrected chi connectivity index (χ1v) is 6.29. The summed E-state index contributed by atoms with van der Waals surface area (Å²) in [6.07, 6.45) is 0.528. The number of fused-ring (bicyclic) bond motifs is 1. The quantitative estimate of drug-likeness (QED) is 0.875. The largest absolute Gasteiger partial charge is 0.325 e. The molecule has 3 rings (SSSR count). The molecule has 2 aromatic carbocycles. The molecule has 2 aromatic rings. The molecule has 0 aromatic heterocycles. The molecule has 3 heteroatoms. The van der Waals surface area contributed by atoms with Crippen molar-refractivity contribution >= 4 is 11.6 Å². The molecule has 0 aliphatic carbocycles. The molecular formula is C16H14FNO. The molecule has 1 amide bonds. The van der Waals surface area contributed by atoms with Crippen LogP contribution in [0.4, 0.5) is 10.1 Å². The standard InChI is InChI=1S/C16H14FNO/c1-10-5-6-15-13(7-10)14(16(19)18-15)9-11-3-2-4-12(17)8-11/h2-8,14H,9H2,1H3,(H,18,19). The van der Waals surface area contributed by atoms with Crippen LogP contribution in [0.1, 0.15) is 22.6 Å². The Kier molecular flexibility index (Phi) is 2.82. The lowest BCUT2D eigenvalue weighted by atomic mass is 9.92. The normalized spacial score (nSPS) is 17.2. The van der Waals surface area contributed by atoms with Crippen molar-refractivity contribution in [2.75, 3.05) is 5.32 Å². The second-order valence-electron chi connectivity index (χ2n) is 4.97. The van der Waals surface area contributed by atoms with E-state index < -0.39 is 0 Å². The van der Waals surface area contributed by atoms with Crippen LogP contribution in [0.5, 0.6) is 0 Å². The maximum Gasteiger partial charge on any atom is 0.232 e. The molecule has 19 heavy (non-hydrogen) atoms. The minimum Gasteiger partial charge on any atom is -0.325 e. The van der Waals surface area contributed by atoms with Crippen LogP contribution in [-0.4, -0.2) is 5.91 Å². The van der Waals surface area contributed by atoms with Crippen LogP contribution in [0.3, 0.4) is 0 Å². The summed E-state index contributed by atoms with van der Waals surface area (Å²) in [5.74, 6) is -0.498. The third kappa shape index (κ3) is 2.24. The van der Waals surface area contributed by atoms with Crippen LogP contribution in [0.15, 0.2) is 42.5 Å². The fourth-order valence-corrected chi connectivity index (χ4v) is 2.55. The molecule has 96 valence electrons. The molecule has 1 aliphatic heterocycles. The molecular weight excluding hydrogens is 241 g/mol. The van der Waals surface area contributed by atoms with Gasteiger partial charge in [0.2, 0.25) is 5.91 Å². The first-order chi connectivity index (χ1) is 9.13. The predicted molar refractivity (Wildman–Crippen MR) is 72.7 cm³/mol. The SMILES string of the molecule is Cc1ccc2c(c1)C(Cc1cccc(F)c1)C(=O)N2. The van der Waals surface area contributed by atoms with Gasteiger partial charge in [-0.2, -0.15) is 0 Å². The zero-order valence-electron chi connectivity index (χ0n) is 10.6. The predicted octanol–water partition coefficient (Wildman–Crippen LogP) is 3.41. The topological polar surface area (TPSA) is 29.1 Å². The van der Waals surface area contributed by atoms with Gasteiger partial charge in [-0.15, -0.1) is 0 Å². The van der Waals surface area contributed by atoms with Crippen molar-refractivity contribution in [3.05, 3.63) is 65.0 Å². The fraction of sp³-hybridized carbons (Fsp3) is 0.188. The summed E-state index contributed by atoms with van der Waals surface area (Å²) in [5, 5.41) is 2.88. The number of anilines is 1. The highest BCUT2D eigenvalue weighted by atomic mass is 19.1. The smallest absolute Gasteiger partial charge is 0.232 e. The number of amides is 1. The molecule has 0 bridgehead atoms. The van der Waals surface area contributed by atoms with Crippen LogP contribution in [0.25, 0.3) is 0 Å². The van der Waals surface area contributed by atoms with Crippen molar-refractivity contribution < 1.29 is 9.18 Å². The van der Waals surface area contributed by atoms with E-state index in [-0.39, 0.29) is 17.6 Å². The lowest BCUT2D eigenvalue weighted by Gasteiger charge is -2.09. The van der Waals surface area contributed by atoms with Crippen molar-refractivity contribution in [2.24, 2.45) is 0 Å². The van der Waals surface area contributed by atoms with E-state index >= 15 is 0 Å². The number of halogens is 1. The molecule has 0 saturated heterocycles. The highest BCUT2D eigenvalue weighted by Gasteiger charge is 2.30. The number of aryl methyl sites for hydroxylation is 1. The van der Waals surface area contributed by atoms with E-state index in [2.05, 4.69) is 5.32 Å². The lowest BCUT2D eigenvalue weighted by Crippen LogP contribution is -2.14. The second-order valence-corrected chi connectivity index (χ2v) is 4.97. The average Bonchev–Trinajstić information content (AvgIpc) is 2.66. The van der Waals surface area contributed by atoms with Crippen molar-refractivity contribution in [3.8, 4) is 0 Å². The Labute approximate surface area is 111 Å². The molecule has 1 heterocycles. The molecule has 1 unspecified atom stereocenters. The van der Waals surface area contributed by atoms with Gasteiger partial charge in [0.1, 0.15) is 5.82 Å². The van der Waals surface area contributed by atoms with E-state index in [1.54, 1.807) is 6.07 Å². The van der Waals surface area contributed by atoms with Gasteiger partial charge in [0.05, 0.1) is 5.92 Å². The monoisotopic (exact) mass is 255 g/mol. The Morgan fingerprint density at radius 2 is 2.05 bits per heavy atom. The molecule has 1 N–H and O–H groups in total. The number of carbonyl (C=O) groups excluding carboxylic acids is 1. The van der Waals surface area contributed by atoms with Gasteiger partial charge in [0.15, 0.2) is 0 Å². The Hall–Kier alpha value is -2.16. The van der Waals surface area contributed by atoms with Crippen molar-refractivity contribution in [1.29, 1.82) is 0 Å². The van der Waals surface area contributed by atoms with E-state index in [1.807, 2.05) is 31.2 Å². The third-order valence-corrected chi connectivity index (χ3v) is 3.49. The lowest BCUT2D eigenvalue weighted by molar-refractivity contribution is -0.117. The minimum absolute atomic E-state index is 0.00939. The summed E-state index contributed by atoms with van der Waals surface area (Å²) >= 11 is 0. The van der Waals surface area contributed by atoms with E-state index in [4.69, 9.17) is 0 Å². The van der Waals surface area contributed by atoms with Gasteiger partial charge in [-0.25, -0.2) is 4.39 Å². The molecule has 0 fully saturated rings. The maximum atomic E-state index is 13.2. The zero-order chi connectivity index (χ0) is 13.4. The Morgan fingerprint density at radius 3 is 2.84 bits per heavy atom. The third-order valence-electron chi connectivity index (χ3n) is 3.49. The van der Waals surface area contributed by atoms with Gasteiger partial charge < -0.3 is 5.32 Å². The van der Waals surface area contributed by atoms with E-state index in [0.717, 1.165) is 22.4 Å². The molecule has 0 spiro atoms. The van der Waals surface area contributed by atoms with Gasteiger partial charge >= 0.3 is 0 Å². The fourth-order valence-electron chi connectivity index (χ4n) is 2.55. The van der Waals surface area contributed by atoms with E-state index in [0.29, 0.717) is 6.42 Å². The minimum atomic E-state index is -0.264. The van der Waals surface area contributed by atoms with Crippen LogP contribution in [0, 0.1) is 12.7 Å². The second kappa shape index (κ2) is 4.50. The average molecular weight is 255 g/mol. The van der Waals surface area contributed by atoms with Crippen LogP contribution < -0.4 is 5.32 Å². The number of benzene rings is 2. The summed E-state index contributed by atoms with van der Waals surface area (Å²) in [5.41, 5.74) is 3.85. The van der Waals surface area contributed by atoms with Gasteiger partial charge in [0, 0.05) is 5.69 Å². The van der Waals surface area contributed by atoms with Gasteiger partial charge in [-0.1, -0.05) is 29.8 Å². The van der Waals surface area contributed by atoms with Gasteiger partial charge in [0.25, 0.3) is 0 Å². The number of rotatable bonds is 2. The van der Waals surface area contributed by atoms with Crippen molar-refractivity contribution in [2.45, 2.75) is 19.3 Å². The Morgan fingerprint density at radius 1 is 1.21 bits per heavy atom. The van der Waals surface area contributed by atoms with Gasteiger partial charge in [-0.05, 0) is 42.7 Å². The van der Waals surface area contributed by atoms with Crippen molar-refractivity contribution in [1.82, 2.24) is 0 Å². The molecule has 0 saturated carbocycles. The molecule has 0 radical (unpaired) electrons. The first kappa shape index (κ1) is 11.9. The summed E-state index contributed by atoms with van der Waals surface area (Å²) in [7, 11) is 0. The molecule has 1 aliphatic rings. The Bertz CT molecular complexity index is 651. The number of nitrogens with one attached hydrogen (secondary N) is 1. The summed E-state index contributed by atoms with van der Waals surface area (Å²) in [6, 6.07) is 12.4. The number of hydrogen-bond donors (Lipinski definition) is 1. The van der Waals surface area contributed by atoms with E-state index in [1.165, 1.54) is 12.1 Å². The number of carbonyl (C=O) groups is 1. The highest BCUT2D eigenvalue weighted by molar-refractivity contribution is 6.03. The maximum absolute atomic E-state index is 13.2. The number of hydrogen-bond acceptors (Lipinski definition) is 1. The Balaban J connectivity index is 1.94.